The minimum Gasteiger partial charge on any atom is -0.508 e. The van der Waals surface area contributed by atoms with E-state index in [1.54, 1.807) is 12.1 Å². The van der Waals surface area contributed by atoms with Gasteiger partial charge in [-0.3, -0.25) is 0 Å². The Morgan fingerprint density at radius 2 is 0.814 bits per heavy atom. The topological polar surface area (TPSA) is 20.2 Å². The summed E-state index contributed by atoms with van der Waals surface area (Å²) in [7, 11) is 0. The van der Waals surface area contributed by atoms with E-state index in [0.29, 0.717) is 5.75 Å². The number of phenols is 1. The van der Waals surface area contributed by atoms with E-state index in [0.717, 1.165) is 12.0 Å². The SMILES string of the molecule is CCCCCCCCCCCCCCCCCCc1cc(-c2ccccc2)c(-c2ccc(O)cc2)c(-c2ccccc2)c1. The summed E-state index contributed by atoms with van der Waals surface area (Å²) in [4.78, 5) is 0. The molecule has 1 heteroatoms. The van der Waals surface area contributed by atoms with Gasteiger partial charge in [0.25, 0.3) is 0 Å². The van der Waals surface area contributed by atoms with Gasteiger partial charge in [0.15, 0.2) is 0 Å². The Morgan fingerprint density at radius 3 is 1.23 bits per heavy atom. The number of aromatic hydroxyl groups is 1. The molecule has 1 nitrogen and oxygen atoms in total. The van der Waals surface area contributed by atoms with E-state index in [-0.39, 0.29) is 0 Å². The molecule has 4 aromatic rings. The van der Waals surface area contributed by atoms with Gasteiger partial charge in [0.05, 0.1) is 0 Å². The monoisotopic (exact) mass is 574 g/mol. The lowest BCUT2D eigenvalue weighted by molar-refractivity contribution is 0.475. The van der Waals surface area contributed by atoms with Crippen molar-refractivity contribution in [2.45, 2.75) is 116 Å². The van der Waals surface area contributed by atoms with Gasteiger partial charge in [0.2, 0.25) is 0 Å². The standard InChI is InChI=1S/C42H54O/c1-2-3-4-5-6-7-8-9-10-11-12-13-14-15-16-19-24-35-33-40(36-25-20-17-21-26-36)42(38-29-31-39(43)32-30-38)41(34-35)37-27-22-18-23-28-37/h17-18,20-23,25-34,43H,2-16,19,24H2,1H3. The minimum absolute atomic E-state index is 0.298. The fraction of sp³-hybridized carbons (Fsp3) is 0.429. The molecule has 0 saturated heterocycles. The van der Waals surface area contributed by atoms with Crippen molar-refractivity contribution in [1.82, 2.24) is 0 Å². The highest BCUT2D eigenvalue weighted by atomic mass is 16.3. The van der Waals surface area contributed by atoms with Crippen LogP contribution in [0, 0.1) is 0 Å². The fourth-order valence-corrected chi connectivity index (χ4v) is 6.35. The van der Waals surface area contributed by atoms with E-state index in [1.165, 1.54) is 136 Å². The second-order valence-corrected chi connectivity index (χ2v) is 12.4. The quantitative estimate of drug-likeness (QED) is 0.104. The average molecular weight is 575 g/mol. The molecular weight excluding hydrogens is 520 g/mol. The highest BCUT2D eigenvalue weighted by Gasteiger charge is 2.16. The largest absolute Gasteiger partial charge is 0.508 e. The molecule has 0 aliphatic carbocycles. The van der Waals surface area contributed by atoms with Gasteiger partial charge in [-0.25, -0.2) is 0 Å². The molecule has 0 unspecified atom stereocenters. The maximum Gasteiger partial charge on any atom is 0.115 e. The van der Waals surface area contributed by atoms with Crippen LogP contribution in [0.3, 0.4) is 0 Å². The third kappa shape index (κ3) is 11.0. The molecular formula is C42H54O. The van der Waals surface area contributed by atoms with Crippen LogP contribution in [0.2, 0.25) is 0 Å². The summed E-state index contributed by atoms with van der Waals surface area (Å²) in [5, 5.41) is 9.99. The molecule has 0 amide bonds. The Bertz CT molecular complexity index is 1230. The summed E-state index contributed by atoms with van der Waals surface area (Å²) in [6, 6.07) is 34.0. The molecule has 0 aliphatic rings. The molecule has 228 valence electrons. The second kappa shape index (κ2) is 19.1. The lowest BCUT2D eigenvalue weighted by atomic mass is 9.85. The lowest BCUT2D eigenvalue weighted by Gasteiger charge is -2.19. The summed E-state index contributed by atoms with van der Waals surface area (Å²) in [6.45, 7) is 2.30. The number of rotatable bonds is 20. The highest BCUT2D eigenvalue weighted by molar-refractivity contribution is 5.95. The summed E-state index contributed by atoms with van der Waals surface area (Å²) >= 11 is 0. The Morgan fingerprint density at radius 1 is 0.419 bits per heavy atom. The minimum atomic E-state index is 0.298. The van der Waals surface area contributed by atoms with Crippen molar-refractivity contribution in [3.8, 4) is 39.1 Å². The first kappa shape index (κ1) is 32.6. The van der Waals surface area contributed by atoms with Crippen LogP contribution in [0.5, 0.6) is 5.75 Å². The summed E-state index contributed by atoms with van der Waals surface area (Å²) in [6.07, 6.45) is 23.5. The van der Waals surface area contributed by atoms with Crippen molar-refractivity contribution < 1.29 is 5.11 Å². The zero-order valence-electron chi connectivity index (χ0n) is 26.7. The van der Waals surface area contributed by atoms with Crippen LogP contribution >= 0.6 is 0 Å². The number of benzene rings is 4. The number of phenolic OH excluding ortho intramolecular Hbond substituents is 1. The van der Waals surface area contributed by atoms with E-state index in [2.05, 4.69) is 79.7 Å². The van der Waals surface area contributed by atoms with E-state index >= 15 is 0 Å². The van der Waals surface area contributed by atoms with Gasteiger partial charge in [-0.2, -0.15) is 0 Å². The zero-order valence-corrected chi connectivity index (χ0v) is 26.7. The van der Waals surface area contributed by atoms with Crippen molar-refractivity contribution in [3.63, 3.8) is 0 Å². The maximum atomic E-state index is 9.99. The summed E-state index contributed by atoms with van der Waals surface area (Å²) < 4.78 is 0. The van der Waals surface area contributed by atoms with Crippen molar-refractivity contribution in [2.24, 2.45) is 0 Å². The van der Waals surface area contributed by atoms with Gasteiger partial charge in [0, 0.05) is 0 Å². The number of aryl methyl sites for hydroxylation is 1. The van der Waals surface area contributed by atoms with Gasteiger partial charge < -0.3 is 5.11 Å². The summed E-state index contributed by atoms with van der Waals surface area (Å²) in [5.74, 6) is 0.298. The number of hydrogen-bond donors (Lipinski definition) is 1. The van der Waals surface area contributed by atoms with Crippen LogP contribution in [0.15, 0.2) is 97.1 Å². The predicted octanol–water partition coefficient (Wildman–Crippen LogP) is 13.2. The van der Waals surface area contributed by atoms with E-state index < -0.39 is 0 Å². The first-order chi connectivity index (χ1) is 21.3. The molecule has 0 radical (unpaired) electrons. The van der Waals surface area contributed by atoms with Gasteiger partial charge in [-0.05, 0) is 63.9 Å². The summed E-state index contributed by atoms with van der Waals surface area (Å²) in [5.41, 5.74) is 8.76. The lowest BCUT2D eigenvalue weighted by Crippen LogP contribution is -1.95. The molecule has 0 spiro atoms. The van der Waals surface area contributed by atoms with Crippen LogP contribution in [-0.4, -0.2) is 5.11 Å². The van der Waals surface area contributed by atoms with Crippen molar-refractivity contribution in [2.75, 3.05) is 0 Å². The fourth-order valence-electron chi connectivity index (χ4n) is 6.35. The van der Waals surface area contributed by atoms with Crippen LogP contribution in [0.25, 0.3) is 33.4 Å². The Balaban J connectivity index is 1.30. The van der Waals surface area contributed by atoms with Gasteiger partial charge in [-0.1, -0.05) is 188 Å². The smallest absolute Gasteiger partial charge is 0.115 e. The molecule has 0 atom stereocenters. The van der Waals surface area contributed by atoms with Crippen molar-refractivity contribution in [3.05, 3.63) is 103 Å². The van der Waals surface area contributed by atoms with Gasteiger partial charge >= 0.3 is 0 Å². The Labute approximate surface area is 262 Å². The molecule has 0 aromatic heterocycles. The molecule has 0 fully saturated rings. The van der Waals surface area contributed by atoms with Crippen LogP contribution < -0.4 is 0 Å². The third-order valence-electron chi connectivity index (χ3n) is 8.84. The van der Waals surface area contributed by atoms with Gasteiger partial charge in [0.1, 0.15) is 5.75 Å². The normalized spacial score (nSPS) is 11.2. The number of hydrogen-bond acceptors (Lipinski definition) is 1. The first-order valence-corrected chi connectivity index (χ1v) is 17.3. The molecule has 4 rings (SSSR count). The van der Waals surface area contributed by atoms with Crippen LogP contribution in [-0.2, 0) is 6.42 Å². The zero-order chi connectivity index (χ0) is 30.0. The molecule has 0 aliphatic heterocycles. The van der Waals surface area contributed by atoms with E-state index in [4.69, 9.17) is 0 Å². The molecule has 43 heavy (non-hydrogen) atoms. The maximum absolute atomic E-state index is 9.99. The van der Waals surface area contributed by atoms with Crippen LogP contribution in [0.1, 0.15) is 115 Å². The Kier molecular flexibility index (Phi) is 14.4. The van der Waals surface area contributed by atoms with Crippen LogP contribution in [0.4, 0.5) is 0 Å². The van der Waals surface area contributed by atoms with E-state index in [1.807, 2.05) is 12.1 Å². The molecule has 0 saturated carbocycles. The van der Waals surface area contributed by atoms with E-state index in [9.17, 15) is 5.11 Å². The second-order valence-electron chi connectivity index (χ2n) is 12.4. The average Bonchev–Trinajstić information content (AvgIpc) is 3.05. The van der Waals surface area contributed by atoms with Crippen molar-refractivity contribution >= 4 is 0 Å². The Hall–Kier alpha value is -3.32. The third-order valence-corrected chi connectivity index (χ3v) is 8.84. The molecule has 0 heterocycles. The predicted molar refractivity (Wildman–Crippen MR) is 188 cm³/mol. The molecule has 0 bridgehead atoms. The van der Waals surface area contributed by atoms with Crippen molar-refractivity contribution in [1.29, 1.82) is 0 Å². The number of unbranched alkanes of at least 4 members (excludes halogenated alkanes) is 15. The molecule has 1 N–H and O–H groups in total. The first-order valence-electron chi connectivity index (χ1n) is 17.3. The van der Waals surface area contributed by atoms with Gasteiger partial charge in [-0.15, -0.1) is 0 Å². The molecule has 4 aromatic carbocycles. The highest BCUT2D eigenvalue weighted by Crippen LogP contribution is 2.41.